The zero-order chi connectivity index (χ0) is 10.1. The summed E-state index contributed by atoms with van der Waals surface area (Å²) in [5, 5.41) is 2.73. The lowest BCUT2D eigenvalue weighted by molar-refractivity contribution is -0.119. The molecule has 1 unspecified atom stereocenters. The Kier molecular flexibility index (Phi) is 2.54. The van der Waals surface area contributed by atoms with Crippen molar-refractivity contribution < 1.29 is 9.18 Å². The lowest BCUT2D eigenvalue weighted by Gasteiger charge is -2.10. The summed E-state index contributed by atoms with van der Waals surface area (Å²) < 4.78 is 13.7. The highest BCUT2D eigenvalue weighted by Crippen LogP contribution is 2.31. The van der Waals surface area contributed by atoms with E-state index in [0.29, 0.717) is 17.4 Å². The highest BCUT2D eigenvalue weighted by molar-refractivity contribution is 9.10. The molecule has 2 nitrogen and oxygen atoms in total. The fourth-order valence-corrected chi connectivity index (χ4v) is 2.25. The molecule has 1 aliphatic rings. The molecule has 1 fully saturated rings. The zero-order valence-electron chi connectivity index (χ0n) is 7.39. The molecule has 2 rings (SSSR count). The fraction of sp³-hybridized carbons (Fsp3) is 0.300. The Morgan fingerprint density at radius 1 is 1.50 bits per heavy atom. The predicted octanol–water partition coefficient (Wildman–Crippen LogP) is 2.19. The smallest absolute Gasteiger partial charge is 0.220 e. The van der Waals surface area contributed by atoms with Gasteiger partial charge < -0.3 is 5.32 Å². The summed E-state index contributed by atoms with van der Waals surface area (Å²) in [6.45, 7) is 0.598. The summed E-state index contributed by atoms with van der Waals surface area (Å²) in [5.41, 5.74) is 0.864. The van der Waals surface area contributed by atoms with Crippen LogP contribution in [0, 0.1) is 5.82 Å². The van der Waals surface area contributed by atoms with Crippen molar-refractivity contribution in [2.24, 2.45) is 0 Å². The van der Waals surface area contributed by atoms with Gasteiger partial charge in [0, 0.05) is 18.9 Å². The van der Waals surface area contributed by atoms with Crippen molar-refractivity contribution >= 4 is 21.8 Å². The van der Waals surface area contributed by atoms with Crippen LogP contribution >= 0.6 is 15.9 Å². The topological polar surface area (TPSA) is 29.1 Å². The molecule has 1 saturated heterocycles. The van der Waals surface area contributed by atoms with Crippen molar-refractivity contribution in [1.82, 2.24) is 5.32 Å². The van der Waals surface area contributed by atoms with E-state index in [2.05, 4.69) is 21.2 Å². The van der Waals surface area contributed by atoms with Gasteiger partial charge in [0.15, 0.2) is 0 Å². The number of rotatable bonds is 1. The second kappa shape index (κ2) is 3.69. The van der Waals surface area contributed by atoms with Gasteiger partial charge in [-0.05, 0) is 27.6 Å². The van der Waals surface area contributed by atoms with E-state index in [-0.39, 0.29) is 17.6 Å². The average molecular weight is 258 g/mol. The average Bonchev–Trinajstić information content (AvgIpc) is 2.57. The van der Waals surface area contributed by atoms with E-state index in [0.717, 1.165) is 5.56 Å². The Bertz CT molecular complexity index is 380. The summed E-state index contributed by atoms with van der Waals surface area (Å²) >= 11 is 3.20. The summed E-state index contributed by atoms with van der Waals surface area (Å²) in [6.07, 6.45) is 0.446. The third-order valence-corrected chi connectivity index (χ3v) is 3.24. The lowest BCUT2D eigenvalue weighted by Crippen LogP contribution is -2.13. The molecule has 14 heavy (non-hydrogen) atoms. The van der Waals surface area contributed by atoms with Crippen molar-refractivity contribution in [1.29, 1.82) is 0 Å². The Balaban J connectivity index is 2.32. The number of carbonyl (C=O) groups excluding carboxylic acids is 1. The SMILES string of the molecule is O=C1CC(c2cccc(F)c2Br)CN1. The van der Waals surface area contributed by atoms with E-state index < -0.39 is 0 Å². The van der Waals surface area contributed by atoms with Gasteiger partial charge in [0.05, 0.1) is 4.47 Å². The molecule has 1 amide bonds. The highest BCUT2D eigenvalue weighted by Gasteiger charge is 2.25. The summed E-state index contributed by atoms with van der Waals surface area (Å²) in [4.78, 5) is 11.0. The minimum Gasteiger partial charge on any atom is -0.355 e. The molecule has 0 saturated carbocycles. The van der Waals surface area contributed by atoms with Crippen LogP contribution in [-0.4, -0.2) is 12.5 Å². The number of hydrogen-bond acceptors (Lipinski definition) is 1. The van der Waals surface area contributed by atoms with Crippen molar-refractivity contribution in [2.45, 2.75) is 12.3 Å². The minimum atomic E-state index is -0.276. The van der Waals surface area contributed by atoms with E-state index in [1.165, 1.54) is 6.07 Å². The number of amides is 1. The second-order valence-electron chi connectivity index (χ2n) is 3.35. The molecule has 0 aliphatic carbocycles. The maximum absolute atomic E-state index is 13.2. The lowest BCUT2D eigenvalue weighted by atomic mass is 9.98. The normalized spacial score (nSPS) is 21.0. The Morgan fingerprint density at radius 2 is 2.29 bits per heavy atom. The Labute approximate surface area is 89.6 Å². The first-order valence-electron chi connectivity index (χ1n) is 4.39. The minimum absolute atomic E-state index is 0.0335. The number of halogens is 2. The van der Waals surface area contributed by atoms with Gasteiger partial charge in [0.25, 0.3) is 0 Å². The predicted molar refractivity (Wildman–Crippen MR) is 54.5 cm³/mol. The van der Waals surface area contributed by atoms with Crippen molar-refractivity contribution in [2.75, 3.05) is 6.54 Å². The fourth-order valence-electron chi connectivity index (χ4n) is 1.66. The molecule has 1 N–H and O–H groups in total. The van der Waals surface area contributed by atoms with Crippen LogP contribution in [-0.2, 0) is 4.79 Å². The number of carbonyl (C=O) groups is 1. The van der Waals surface area contributed by atoms with Crippen LogP contribution in [0.3, 0.4) is 0 Å². The van der Waals surface area contributed by atoms with Gasteiger partial charge in [-0.25, -0.2) is 4.39 Å². The van der Waals surface area contributed by atoms with E-state index in [1.54, 1.807) is 6.07 Å². The Morgan fingerprint density at radius 3 is 2.93 bits per heavy atom. The first-order valence-corrected chi connectivity index (χ1v) is 5.18. The van der Waals surface area contributed by atoms with E-state index >= 15 is 0 Å². The van der Waals surface area contributed by atoms with Crippen LogP contribution < -0.4 is 5.32 Å². The molecule has 4 heteroatoms. The maximum atomic E-state index is 13.2. The van der Waals surface area contributed by atoms with E-state index in [4.69, 9.17) is 0 Å². The molecule has 1 atom stereocenters. The van der Waals surface area contributed by atoms with Crippen LogP contribution in [0.1, 0.15) is 17.9 Å². The molecule has 0 bridgehead atoms. The van der Waals surface area contributed by atoms with Gasteiger partial charge >= 0.3 is 0 Å². The summed E-state index contributed by atoms with van der Waals surface area (Å²) in [6, 6.07) is 4.91. The first-order chi connectivity index (χ1) is 6.68. The first kappa shape index (κ1) is 9.65. The summed E-state index contributed by atoms with van der Waals surface area (Å²) in [5.74, 6) is -0.152. The number of nitrogens with one attached hydrogen (secondary N) is 1. The van der Waals surface area contributed by atoms with Gasteiger partial charge in [-0.1, -0.05) is 12.1 Å². The standard InChI is InChI=1S/C10H9BrFNO/c11-10-7(2-1-3-8(10)12)6-4-9(14)13-5-6/h1-3,6H,4-5H2,(H,13,14). The van der Waals surface area contributed by atoms with Gasteiger partial charge in [-0.2, -0.15) is 0 Å². The number of benzene rings is 1. The van der Waals surface area contributed by atoms with Gasteiger partial charge in [0.2, 0.25) is 5.91 Å². The third kappa shape index (κ3) is 1.66. The van der Waals surface area contributed by atoms with Crippen molar-refractivity contribution in [3.63, 3.8) is 0 Å². The van der Waals surface area contributed by atoms with E-state index in [9.17, 15) is 9.18 Å². The third-order valence-electron chi connectivity index (χ3n) is 2.40. The van der Waals surface area contributed by atoms with Gasteiger partial charge in [0.1, 0.15) is 5.82 Å². The van der Waals surface area contributed by atoms with Crippen LogP contribution in [0.4, 0.5) is 4.39 Å². The molecule has 1 aliphatic heterocycles. The number of hydrogen-bond donors (Lipinski definition) is 1. The monoisotopic (exact) mass is 257 g/mol. The Hall–Kier alpha value is -0.900. The van der Waals surface area contributed by atoms with Gasteiger partial charge in [-0.15, -0.1) is 0 Å². The van der Waals surface area contributed by atoms with Crippen molar-refractivity contribution in [3.05, 3.63) is 34.1 Å². The van der Waals surface area contributed by atoms with Crippen LogP contribution in [0.15, 0.2) is 22.7 Å². The second-order valence-corrected chi connectivity index (χ2v) is 4.14. The van der Waals surface area contributed by atoms with Crippen LogP contribution in [0.25, 0.3) is 0 Å². The molecule has 1 aromatic rings. The quantitative estimate of drug-likeness (QED) is 0.821. The van der Waals surface area contributed by atoms with Crippen LogP contribution in [0.2, 0.25) is 0 Å². The zero-order valence-corrected chi connectivity index (χ0v) is 8.97. The van der Waals surface area contributed by atoms with Crippen molar-refractivity contribution in [3.8, 4) is 0 Å². The molecule has 0 spiro atoms. The van der Waals surface area contributed by atoms with E-state index in [1.807, 2.05) is 6.07 Å². The highest BCUT2D eigenvalue weighted by atomic mass is 79.9. The largest absolute Gasteiger partial charge is 0.355 e. The molecule has 1 heterocycles. The van der Waals surface area contributed by atoms with Gasteiger partial charge in [-0.3, -0.25) is 4.79 Å². The summed E-state index contributed by atoms with van der Waals surface area (Å²) in [7, 11) is 0. The molecule has 0 radical (unpaired) electrons. The maximum Gasteiger partial charge on any atom is 0.220 e. The molecule has 0 aromatic heterocycles. The molecule has 1 aromatic carbocycles. The van der Waals surface area contributed by atoms with Crippen LogP contribution in [0.5, 0.6) is 0 Å². The molecule has 74 valence electrons. The molecular formula is C10H9BrFNO. The molecular weight excluding hydrogens is 249 g/mol.